The lowest BCUT2D eigenvalue weighted by atomic mass is 10.1. The van der Waals surface area contributed by atoms with Gasteiger partial charge in [-0.05, 0) is 25.1 Å². The van der Waals surface area contributed by atoms with E-state index >= 15 is 0 Å². The summed E-state index contributed by atoms with van der Waals surface area (Å²) in [4.78, 5) is 11.6. The second-order valence-electron chi connectivity index (χ2n) is 3.43. The van der Waals surface area contributed by atoms with Gasteiger partial charge in [0, 0.05) is 23.9 Å². The highest BCUT2D eigenvalue weighted by Crippen LogP contribution is 2.17. The maximum atomic E-state index is 11.6. The third-order valence-electron chi connectivity index (χ3n) is 2.49. The molecule has 2 aromatic rings. The molecule has 0 bridgehead atoms. The number of hydrogen-bond acceptors (Lipinski definition) is 1. The van der Waals surface area contributed by atoms with Gasteiger partial charge >= 0.3 is 0 Å². The van der Waals surface area contributed by atoms with E-state index in [2.05, 4.69) is 0 Å². The van der Waals surface area contributed by atoms with Crippen LogP contribution in [0.2, 0.25) is 0 Å². The maximum absolute atomic E-state index is 11.6. The van der Waals surface area contributed by atoms with Gasteiger partial charge in [-0.1, -0.05) is 13.0 Å². The fourth-order valence-corrected chi connectivity index (χ4v) is 1.74. The molecule has 0 radical (unpaired) electrons. The number of carbonyl (C=O) groups is 1. The lowest BCUT2D eigenvalue weighted by Crippen LogP contribution is -1.95. The summed E-state index contributed by atoms with van der Waals surface area (Å²) in [7, 11) is 0. The third-order valence-corrected chi connectivity index (χ3v) is 2.49. The highest BCUT2D eigenvalue weighted by atomic mass is 16.1. The summed E-state index contributed by atoms with van der Waals surface area (Å²) in [6.07, 6.45) is 2.55. The van der Waals surface area contributed by atoms with Crippen molar-refractivity contribution in [1.29, 1.82) is 0 Å². The monoisotopic (exact) mass is 187 g/mol. The summed E-state index contributed by atoms with van der Waals surface area (Å²) in [6, 6.07) is 7.87. The number of ketones is 1. The van der Waals surface area contributed by atoms with Crippen LogP contribution in [0.3, 0.4) is 0 Å². The Hall–Kier alpha value is -1.57. The van der Waals surface area contributed by atoms with Gasteiger partial charge in [-0.25, -0.2) is 0 Å². The van der Waals surface area contributed by atoms with Crippen LogP contribution in [0, 0.1) is 6.92 Å². The first-order valence-corrected chi connectivity index (χ1v) is 4.84. The van der Waals surface area contributed by atoms with Crippen molar-refractivity contribution in [3.63, 3.8) is 0 Å². The van der Waals surface area contributed by atoms with Gasteiger partial charge in [0.15, 0.2) is 5.78 Å². The first-order valence-electron chi connectivity index (χ1n) is 4.84. The minimum absolute atomic E-state index is 0.210. The molecule has 0 N–H and O–H groups in total. The molecular weight excluding hydrogens is 174 g/mol. The van der Waals surface area contributed by atoms with Crippen LogP contribution in [0.25, 0.3) is 5.52 Å². The number of carbonyl (C=O) groups excluding carboxylic acids is 1. The average molecular weight is 187 g/mol. The topological polar surface area (TPSA) is 21.5 Å². The third kappa shape index (κ3) is 1.23. The number of pyridine rings is 1. The molecule has 0 atom stereocenters. The van der Waals surface area contributed by atoms with Gasteiger partial charge in [0.25, 0.3) is 0 Å². The molecule has 0 saturated heterocycles. The van der Waals surface area contributed by atoms with E-state index in [1.165, 1.54) is 0 Å². The summed E-state index contributed by atoms with van der Waals surface area (Å²) < 4.78 is 2.04. The molecule has 0 saturated carbocycles. The maximum Gasteiger partial charge on any atom is 0.164 e. The summed E-state index contributed by atoms with van der Waals surface area (Å²) in [5, 5.41) is 0. The van der Waals surface area contributed by atoms with Crippen LogP contribution >= 0.6 is 0 Å². The molecule has 0 aliphatic heterocycles. The number of Topliss-reactive ketones (excluding diaryl/α,β-unsaturated/α-hetero) is 1. The van der Waals surface area contributed by atoms with Crippen molar-refractivity contribution in [2.75, 3.05) is 0 Å². The first-order chi connectivity index (χ1) is 6.74. The van der Waals surface area contributed by atoms with Crippen molar-refractivity contribution < 1.29 is 4.79 Å². The van der Waals surface area contributed by atoms with Crippen molar-refractivity contribution in [2.45, 2.75) is 20.3 Å². The predicted molar refractivity (Wildman–Crippen MR) is 56.8 cm³/mol. The van der Waals surface area contributed by atoms with E-state index in [9.17, 15) is 4.79 Å². The van der Waals surface area contributed by atoms with E-state index in [0.717, 1.165) is 16.8 Å². The van der Waals surface area contributed by atoms with Crippen LogP contribution < -0.4 is 0 Å². The molecule has 2 nitrogen and oxygen atoms in total. The largest absolute Gasteiger partial charge is 0.320 e. The van der Waals surface area contributed by atoms with Crippen molar-refractivity contribution in [1.82, 2.24) is 4.40 Å². The van der Waals surface area contributed by atoms with Gasteiger partial charge in [-0.15, -0.1) is 0 Å². The standard InChI is InChI=1S/C12H13NO/c1-3-12(14)10-8-9(2)13-7-5-4-6-11(10)13/h4-8H,3H2,1-2H3. The summed E-state index contributed by atoms with van der Waals surface area (Å²) in [5.74, 6) is 0.210. The van der Waals surface area contributed by atoms with Crippen molar-refractivity contribution >= 4 is 11.3 Å². The zero-order valence-electron chi connectivity index (χ0n) is 8.45. The Morgan fingerprint density at radius 3 is 2.93 bits per heavy atom. The minimum Gasteiger partial charge on any atom is -0.320 e. The Bertz CT molecular complexity index is 482. The van der Waals surface area contributed by atoms with Gasteiger partial charge < -0.3 is 4.40 Å². The zero-order valence-corrected chi connectivity index (χ0v) is 8.45. The molecule has 0 amide bonds. The van der Waals surface area contributed by atoms with Gasteiger partial charge in [0.05, 0.1) is 5.52 Å². The Kier molecular flexibility index (Phi) is 2.12. The molecule has 2 aromatic heterocycles. The number of hydrogen-bond donors (Lipinski definition) is 0. The summed E-state index contributed by atoms with van der Waals surface area (Å²) in [5.41, 5.74) is 2.96. The number of aryl methyl sites for hydroxylation is 1. The number of nitrogens with zero attached hydrogens (tertiary/aromatic N) is 1. The molecule has 2 heterocycles. The van der Waals surface area contributed by atoms with Crippen molar-refractivity contribution in [3.05, 3.63) is 41.7 Å². The second kappa shape index (κ2) is 3.29. The van der Waals surface area contributed by atoms with Crippen LogP contribution in [-0.2, 0) is 0 Å². The van der Waals surface area contributed by atoms with Crippen LogP contribution in [-0.4, -0.2) is 10.2 Å². The van der Waals surface area contributed by atoms with E-state index in [1.54, 1.807) is 0 Å². The quantitative estimate of drug-likeness (QED) is 0.662. The molecule has 0 aliphatic rings. The Morgan fingerprint density at radius 2 is 2.21 bits per heavy atom. The van der Waals surface area contributed by atoms with Crippen LogP contribution in [0.4, 0.5) is 0 Å². The minimum atomic E-state index is 0.210. The number of aromatic nitrogens is 1. The van der Waals surface area contributed by atoms with Gasteiger partial charge in [0.2, 0.25) is 0 Å². The molecule has 0 aliphatic carbocycles. The molecule has 72 valence electrons. The molecule has 0 unspecified atom stereocenters. The number of rotatable bonds is 2. The average Bonchev–Trinajstić information content (AvgIpc) is 2.56. The molecule has 0 fully saturated rings. The molecule has 2 rings (SSSR count). The Morgan fingerprint density at radius 1 is 1.43 bits per heavy atom. The van der Waals surface area contributed by atoms with Crippen LogP contribution in [0.1, 0.15) is 29.4 Å². The lowest BCUT2D eigenvalue weighted by molar-refractivity contribution is 0.0990. The van der Waals surface area contributed by atoms with E-state index in [1.807, 2.05) is 48.7 Å². The molecule has 0 aromatic carbocycles. The van der Waals surface area contributed by atoms with Crippen LogP contribution in [0.5, 0.6) is 0 Å². The van der Waals surface area contributed by atoms with Crippen LogP contribution in [0.15, 0.2) is 30.5 Å². The first kappa shape index (κ1) is 9.00. The molecule has 2 heteroatoms. The number of fused-ring (bicyclic) bond motifs is 1. The van der Waals surface area contributed by atoms with Gasteiger partial charge in [-0.3, -0.25) is 4.79 Å². The smallest absolute Gasteiger partial charge is 0.164 e. The van der Waals surface area contributed by atoms with Gasteiger partial charge in [-0.2, -0.15) is 0 Å². The molecule has 14 heavy (non-hydrogen) atoms. The fourth-order valence-electron chi connectivity index (χ4n) is 1.74. The van der Waals surface area contributed by atoms with Gasteiger partial charge in [0.1, 0.15) is 0 Å². The Labute approximate surface area is 83.2 Å². The second-order valence-corrected chi connectivity index (χ2v) is 3.43. The predicted octanol–water partition coefficient (Wildman–Crippen LogP) is 2.84. The van der Waals surface area contributed by atoms with Crippen molar-refractivity contribution in [2.24, 2.45) is 0 Å². The Balaban J connectivity index is 2.72. The summed E-state index contributed by atoms with van der Waals surface area (Å²) >= 11 is 0. The van der Waals surface area contributed by atoms with E-state index in [0.29, 0.717) is 6.42 Å². The highest BCUT2D eigenvalue weighted by molar-refractivity contribution is 6.02. The molecule has 0 spiro atoms. The lowest BCUT2D eigenvalue weighted by Gasteiger charge is -1.97. The van der Waals surface area contributed by atoms with E-state index in [4.69, 9.17) is 0 Å². The molecular formula is C12H13NO. The highest BCUT2D eigenvalue weighted by Gasteiger charge is 2.10. The zero-order chi connectivity index (χ0) is 10.1. The fraction of sp³-hybridized carbons (Fsp3) is 0.250. The van der Waals surface area contributed by atoms with Crippen molar-refractivity contribution in [3.8, 4) is 0 Å². The van der Waals surface area contributed by atoms with E-state index < -0.39 is 0 Å². The van der Waals surface area contributed by atoms with E-state index in [-0.39, 0.29) is 5.78 Å². The SMILES string of the molecule is CCC(=O)c1cc(C)n2ccccc12. The normalized spacial score (nSPS) is 10.7. The summed E-state index contributed by atoms with van der Waals surface area (Å²) in [6.45, 7) is 3.91.